The smallest absolute Gasteiger partial charge is 0.331 e. The van der Waals surface area contributed by atoms with Crippen molar-refractivity contribution in [3.8, 4) is 5.88 Å². The van der Waals surface area contributed by atoms with Gasteiger partial charge >= 0.3 is 5.97 Å². The molecule has 1 unspecified atom stereocenters. The van der Waals surface area contributed by atoms with E-state index in [1.54, 1.807) is 6.92 Å². The molecule has 1 saturated carbocycles. The van der Waals surface area contributed by atoms with E-state index in [2.05, 4.69) is 26.2 Å². The zero-order valence-electron chi connectivity index (χ0n) is 10.9. The maximum atomic E-state index is 12.4. The summed E-state index contributed by atoms with van der Waals surface area (Å²) >= 11 is 3.09. The number of aromatic nitrogens is 1. The van der Waals surface area contributed by atoms with E-state index in [9.17, 15) is 14.7 Å². The number of ketones is 1. The second-order valence-corrected chi connectivity index (χ2v) is 5.37. The first kappa shape index (κ1) is 14.9. The van der Waals surface area contributed by atoms with Gasteiger partial charge in [0.25, 0.3) is 0 Å². The molecule has 1 aliphatic rings. The quantitative estimate of drug-likeness (QED) is 0.461. The van der Waals surface area contributed by atoms with Crippen molar-refractivity contribution in [2.75, 3.05) is 6.61 Å². The van der Waals surface area contributed by atoms with Crippen LogP contribution in [0.5, 0.6) is 5.88 Å². The van der Waals surface area contributed by atoms with Crippen molar-refractivity contribution in [1.82, 2.24) is 10.3 Å². The van der Waals surface area contributed by atoms with Crippen LogP contribution in [0.1, 0.15) is 30.1 Å². The summed E-state index contributed by atoms with van der Waals surface area (Å²) in [5.74, 6) is -1.21. The summed E-state index contributed by atoms with van der Waals surface area (Å²) in [6.07, 6.45) is 3.13. The Morgan fingerprint density at radius 3 is 2.85 bits per heavy atom. The highest BCUT2D eigenvalue weighted by Crippen LogP contribution is 2.24. The molecule has 0 saturated heterocycles. The molecule has 6 nitrogen and oxygen atoms in total. The monoisotopic (exact) mass is 342 g/mol. The Balaban J connectivity index is 2.19. The minimum Gasteiger partial charge on any atom is -0.492 e. The number of hydrogen-bond acceptors (Lipinski definition) is 6. The third-order valence-electron chi connectivity index (χ3n) is 2.87. The molecule has 0 radical (unpaired) electrons. The Morgan fingerprint density at radius 1 is 1.60 bits per heavy atom. The lowest BCUT2D eigenvalue weighted by Crippen LogP contribution is -2.45. The van der Waals surface area contributed by atoms with Crippen LogP contribution in [-0.2, 0) is 9.53 Å². The van der Waals surface area contributed by atoms with Gasteiger partial charge in [-0.1, -0.05) is 0 Å². The molecule has 1 aromatic rings. The molecule has 1 fully saturated rings. The Hall–Kier alpha value is -1.47. The first-order valence-electron chi connectivity index (χ1n) is 6.34. The Labute approximate surface area is 124 Å². The number of halogens is 1. The van der Waals surface area contributed by atoms with E-state index in [0.29, 0.717) is 4.47 Å². The fourth-order valence-corrected chi connectivity index (χ4v) is 2.04. The average Bonchev–Trinajstić information content (AvgIpc) is 3.22. The van der Waals surface area contributed by atoms with Crippen LogP contribution in [0.15, 0.2) is 16.7 Å². The minimum absolute atomic E-state index is 0.182. The summed E-state index contributed by atoms with van der Waals surface area (Å²) in [4.78, 5) is 28.0. The van der Waals surface area contributed by atoms with Crippen LogP contribution in [-0.4, -0.2) is 40.5 Å². The zero-order chi connectivity index (χ0) is 14.7. The van der Waals surface area contributed by atoms with Gasteiger partial charge in [-0.05, 0) is 41.8 Å². The average molecular weight is 343 g/mol. The maximum absolute atomic E-state index is 12.4. The highest BCUT2D eigenvalue weighted by Gasteiger charge is 2.34. The van der Waals surface area contributed by atoms with E-state index in [-0.39, 0.29) is 24.1 Å². The van der Waals surface area contributed by atoms with Gasteiger partial charge in [0.1, 0.15) is 0 Å². The van der Waals surface area contributed by atoms with Crippen molar-refractivity contribution in [1.29, 1.82) is 0 Å². The van der Waals surface area contributed by atoms with E-state index in [4.69, 9.17) is 4.74 Å². The third-order valence-corrected chi connectivity index (χ3v) is 3.45. The molecule has 0 bridgehead atoms. The predicted molar refractivity (Wildman–Crippen MR) is 74.5 cm³/mol. The van der Waals surface area contributed by atoms with Crippen LogP contribution in [0, 0.1) is 0 Å². The number of hydrogen-bond donors (Lipinski definition) is 2. The van der Waals surface area contributed by atoms with Gasteiger partial charge in [0.05, 0.1) is 11.1 Å². The maximum Gasteiger partial charge on any atom is 0.331 e. The van der Waals surface area contributed by atoms with E-state index in [1.807, 2.05) is 0 Å². The number of rotatable bonds is 6. The highest BCUT2D eigenvalue weighted by molar-refractivity contribution is 9.10. The first-order chi connectivity index (χ1) is 9.52. The van der Waals surface area contributed by atoms with Crippen LogP contribution in [0.4, 0.5) is 0 Å². The van der Waals surface area contributed by atoms with Crippen molar-refractivity contribution in [2.45, 2.75) is 31.8 Å². The number of esters is 1. The second kappa shape index (κ2) is 6.32. The van der Waals surface area contributed by atoms with Crippen molar-refractivity contribution < 1.29 is 19.4 Å². The van der Waals surface area contributed by atoms with Gasteiger partial charge in [-0.3, -0.25) is 10.1 Å². The van der Waals surface area contributed by atoms with E-state index in [0.717, 1.165) is 12.8 Å². The van der Waals surface area contributed by atoms with Gasteiger partial charge in [-0.25, -0.2) is 9.78 Å². The lowest BCUT2D eigenvalue weighted by Gasteiger charge is -2.16. The number of aromatic hydroxyl groups is 1. The summed E-state index contributed by atoms with van der Waals surface area (Å²) in [6, 6.07) is 0.591. The van der Waals surface area contributed by atoms with Crippen molar-refractivity contribution in [3.05, 3.63) is 22.3 Å². The number of Topliss-reactive ketones (excluding diaryl/α,β-unsaturated/α-hetero) is 1. The number of carbonyl (C=O) groups excluding carboxylic acids is 2. The molecule has 0 aliphatic heterocycles. The standard InChI is InChI=1S/C13H15BrN2O4/c1-2-20-13(19)10(16-8-3-4-8)11(17)7-5-9(14)12(18)15-6-7/h5-6,8,10,16H,2-4H2,1H3,(H,15,18). The number of nitrogens with zero attached hydrogens (tertiary/aromatic N) is 1. The molecule has 0 amide bonds. The Bertz CT molecular complexity index is 531. The molecule has 2 N–H and O–H groups in total. The van der Waals surface area contributed by atoms with Gasteiger partial charge in [-0.15, -0.1) is 0 Å². The van der Waals surface area contributed by atoms with Crippen LogP contribution >= 0.6 is 15.9 Å². The molecular weight excluding hydrogens is 328 g/mol. The molecular formula is C13H15BrN2O4. The largest absolute Gasteiger partial charge is 0.492 e. The molecule has 1 aliphatic carbocycles. The summed E-state index contributed by atoms with van der Waals surface area (Å²) in [7, 11) is 0. The third kappa shape index (κ3) is 3.55. The van der Waals surface area contributed by atoms with Crippen LogP contribution < -0.4 is 5.32 Å². The fourth-order valence-electron chi connectivity index (χ4n) is 1.69. The van der Waals surface area contributed by atoms with Gasteiger partial charge in [0, 0.05) is 17.8 Å². The summed E-state index contributed by atoms with van der Waals surface area (Å²) in [5, 5.41) is 12.3. The molecule has 20 heavy (non-hydrogen) atoms. The normalized spacial score (nSPS) is 15.7. The van der Waals surface area contributed by atoms with Crippen molar-refractivity contribution in [3.63, 3.8) is 0 Å². The molecule has 2 rings (SSSR count). The molecule has 1 atom stereocenters. The molecule has 108 valence electrons. The molecule has 7 heteroatoms. The highest BCUT2D eigenvalue weighted by atomic mass is 79.9. The number of pyridine rings is 1. The van der Waals surface area contributed by atoms with Crippen LogP contribution in [0.3, 0.4) is 0 Å². The Morgan fingerprint density at radius 2 is 2.30 bits per heavy atom. The molecule has 0 spiro atoms. The SMILES string of the molecule is CCOC(=O)C(NC1CC1)C(=O)c1cnc(O)c(Br)c1. The van der Waals surface area contributed by atoms with Gasteiger partial charge in [0.15, 0.2) is 11.8 Å². The summed E-state index contributed by atoms with van der Waals surface area (Å²) in [6.45, 7) is 1.90. The first-order valence-corrected chi connectivity index (χ1v) is 7.13. The minimum atomic E-state index is -1.03. The van der Waals surface area contributed by atoms with Gasteiger partial charge in [0.2, 0.25) is 5.88 Å². The number of ether oxygens (including phenoxy) is 1. The van der Waals surface area contributed by atoms with Crippen molar-refractivity contribution in [2.24, 2.45) is 0 Å². The fraction of sp³-hybridized carbons (Fsp3) is 0.462. The summed E-state index contributed by atoms with van der Waals surface area (Å²) < 4.78 is 5.23. The van der Waals surface area contributed by atoms with Crippen LogP contribution in [0.2, 0.25) is 0 Å². The second-order valence-electron chi connectivity index (χ2n) is 4.52. The number of nitrogens with one attached hydrogen (secondary N) is 1. The van der Waals surface area contributed by atoms with E-state index >= 15 is 0 Å². The van der Waals surface area contributed by atoms with Crippen LogP contribution in [0.25, 0.3) is 0 Å². The zero-order valence-corrected chi connectivity index (χ0v) is 12.5. The predicted octanol–water partition coefficient (Wildman–Crippen LogP) is 1.42. The molecule has 0 aromatic carbocycles. The Kier molecular flexibility index (Phi) is 4.72. The van der Waals surface area contributed by atoms with E-state index in [1.165, 1.54) is 12.3 Å². The topological polar surface area (TPSA) is 88.5 Å². The van der Waals surface area contributed by atoms with Gasteiger partial charge in [-0.2, -0.15) is 0 Å². The number of carbonyl (C=O) groups is 2. The van der Waals surface area contributed by atoms with E-state index < -0.39 is 17.8 Å². The van der Waals surface area contributed by atoms with Crippen molar-refractivity contribution >= 4 is 27.7 Å². The molecule has 1 heterocycles. The lowest BCUT2D eigenvalue weighted by molar-refractivity contribution is -0.144. The van der Waals surface area contributed by atoms with Gasteiger partial charge < -0.3 is 9.84 Å². The lowest BCUT2D eigenvalue weighted by atomic mass is 10.1. The molecule has 1 aromatic heterocycles. The summed E-state index contributed by atoms with van der Waals surface area (Å²) in [5.41, 5.74) is 0.237.